The van der Waals surface area contributed by atoms with Gasteiger partial charge in [-0.25, -0.2) is 0 Å². The quantitative estimate of drug-likeness (QED) is 0.473. The van der Waals surface area contributed by atoms with Gasteiger partial charge in [-0.1, -0.05) is 22.6 Å². The van der Waals surface area contributed by atoms with Crippen LogP contribution in [0.4, 0.5) is 26.3 Å². The van der Waals surface area contributed by atoms with E-state index in [0.29, 0.717) is 0 Å². The summed E-state index contributed by atoms with van der Waals surface area (Å²) < 4.78 is 71.7. The molecule has 0 aromatic heterocycles. The maximum Gasteiger partial charge on any atom is 0.409 e. The van der Waals surface area contributed by atoms with Crippen LogP contribution in [0.3, 0.4) is 0 Å². The Morgan fingerprint density at radius 1 is 1.13 bits per heavy atom. The first kappa shape index (κ1) is 14.8. The molecule has 0 atom stereocenters. The van der Waals surface area contributed by atoms with Gasteiger partial charge in [0.15, 0.2) is 0 Å². The second-order valence-corrected chi connectivity index (χ2v) is 3.57. The second-order valence-electron chi connectivity index (χ2n) is 2.50. The van der Waals surface area contributed by atoms with E-state index in [1.807, 2.05) is 0 Å². The standard InChI is InChI=1S/C6H6F6INO/c7-5(8,9)3(6(10,11)12)4(15)14-2-1-13/h3H,1-2H2,(H,14,15). The van der Waals surface area contributed by atoms with Crippen molar-refractivity contribution in [2.24, 2.45) is 5.92 Å². The van der Waals surface area contributed by atoms with Gasteiger partial charge >= 0.3 is 12.4 Å². The fourth-order valence-electron chi connectivity index (χ4n) is 0.755. The number of hydrogen-bond acceptors (Lipinski definition) is 1. The minimum atomic E-state index is -5.62. The van der Waals surface area contributed by atoms with Crippen molar-refractivity contribution in [1.82, 2.24) is 5.32 Å². The minimum Gasteiger partial charge on any atom is -0.354 e. The lowest BCUT2D eigenvalue weighted by Gasteiger charge is -2.21. The van der Waals surface area contributed by atoms with Crippen LogP contribution in [0.2, 0.25) is 0 Å². The average molecular weight is 349 g/mol. The third-order valence-electron chi connectivity index (χ3n) is 1.31. The first-order valence-corrected chi connectivity index (χ1v) is 5.10. The average Bonchev–Trinajstić information content (AvgIpc) is 1.94. The third-order valence-corrected chi connectivity index (χ3v) is 1.85. The van der Waals surface area contributed by atoms with E-state index < -0.39 is 24.2 Å². The van der Waals surface area contributed by atoms with Gasteiger partial charge in [0.05, 0.1) is 0 Å². The molecule has 0 aliphatic carbocycles. The van der Waals surface area contributed by atoms with E-state index >= 15 is 0 Å². The fraction of sp³-hybridized carbons (Fsp3) is 0.833. The van der Waals surface area contributed by atoms with Crippen LogP contribution in [-0.2, 0) is 4.79 Å². The Bertz CT molecular complexity index is 211. The van der Waals surface area contributed by atoms with E-state index in [1.54, 1.807) is 27.9 Å². The summed E-state index contributed by atoms with van der Waals surface area (Å²) in [4.78, 5) is 10.6. The Morgan fingerprint density at radius 2 is 1.53 bits per heavy atom. The highest BCUT2D eigenvalue weighted by atomic mass is 127. The lowest BCUT2D eigenvalue weighted by molar-refractivity contribution is -0.274. The molecule has 0 saturated carbocycles. The maximum atomic E-state index is 11.9. The van der Waals surface area contributed by atoms with Gasteiger partial charge < -0.3 is 5.32 Å². The van der Waals surface area contributed by atoms with Gasteiger partial charge in [-0.15, -0.1) is 0 Å². The van der Waals surface area contributed by atoms with Gasteiger partial charge in [-0.05, 0) is 0 Å². The van der Waals surface area contributed by atoms with E-state index in [2.05, 4.69) is 0 Å². The lowest BCUT2D eigenvalue weighted by atomic mass is 10.1. The maximum absolute atomic E-state index is 11.9. The van der Waals surface area contributed by atoms with E-state index in [4.69, 9.17) is 0 Å². The lowest BCUT2D eigenvalue weighted by Crippen LogP contribution is -2.48. The summed E-state index contributed by atoms with van der Waals surface area (Å²) in [5.41, 5.74) is 0. The highest BCUT2D eigenvalue weighted by Gasteiger charge is 2.60. The molecule has 0 saturated heterocycles. The summed E-state index contributed by atoms with van der Waals surface area (Å²) in [6, 6.07) is 0. The predicted octanol–water partition coefficient (Wildman–Crippen LogP) is 2.28. The SMILES string of the molecule is O=C(NCCI)C(C(F)(F)F)C(F)(F)F. The zero-order valence-electron chi connectivity index (χ0n) is 7.05. The number of carbonyl (C=O) groups is 1. The monoisotopic (exact) mass is 349 g/mol. The number of hydrogen-bond donors (Lipinski definition) is 1. The third kappa shape index (κ3) is 4.89. The van der Waals surface area contributed by atoms with Crippen molar-refractivity contribution in [3.05, 3.63) is 0 Å². The van der Waals surface area contributed by atoms with Crippen LogP contribution in [-0.4, -0.2) is 29.2 Å². The van der Waals surface area contributed by atoms with Gasteiger partial charge in [0.1, 0.15) is 0 Å². The Kier molecular flexibility index (Phi) is 5.14. The van der Waals surface area contributed by atoms with E-state index in [-0.39, 0.29) is 11.0 Å². The van der Waals surface area contributed by atoms with Crippen molar-refractivity contribution < 1.29 is 31.1 Å². The number of rotatable bonds is 3. The second kappa shape index (κ2) is 5.21. The molecule has 1 N–H and O–H groups in total. The molecule has 0 aliphatic heterocycles. The molecule has 0 radical (unpaired) electrons. The summed E-state index contributed by atoms with van der Waals surface area (Å²) in [6.07, 6.45) is -11.2. The van der Waals surface area contributed by atoms with Crippen molar-refractivity contribution in [2.75, 3.05) is 11.0 Å². The Morgan fingerprint density at radius 3 is 1.80 bits per heavy atom. The minimum absolute atomic E-state index is 0.228. The van der Waals surface area contributed by atoms with Crippen LogP contribution < -0.4 is 5.32 Å². The van der Waals surface area contributed by atoms with E-state index in [9.17, 15) is 31.1 Å². The van der Waals surface area contributed by atoms with Gasteiger partial charge in [0, 0.05) is 11.0 Å². The van der Waals surface area contributed by atoms with Gasteiger partial charge in [0.2, 0.25) is 11.8 Å². The Hall–Kier alpha value is -0.220. The number of carbonyl (C=O) groups excluding carboxylic acids is 1. The molecule has 0 bridgehead atoms. The van der Waals surface area contributed by atoms with Crippen LogP contribution in [0.15, 0.2) is 0 Å². The topological polar surface area (TPSA) is 29.1 Å². The Balaban J connectivity index is 4.74. The molecule has 0 rings (SSSR count). The van der Waals surface area contributed by atoms with Gasteiger partial charge in [0.25, 0.3) is 0 Å². The van der Waals surface area contributed by atoms with Crippen molar-refractivity contribution in [2.45, 2.75) is 12.4 Å². The van der Waals surface area contributed by atoms with Crippen LogP contribution >= 0.6 is 22.6 Å². The highest BCUT2D eigenvalue weighted by Crippen LogP contribution is 2.39. The molecule has 0 aliphatic rings. The van der Waals surface area contributed by atoms with Crippen LogP contribution in [0.25, 0.3) is 0 Å². The molecule has 9 heteroatoms. The molecule has 0 fully saturated rings. The molecule has 0 aromatic carbocycles. The number of amides is 1. The molecule has 90 valence electrons. The highest BCUT2D eigenvalue weighted by molar-refractivity contribution is 14.1. The van der Waals surface area contributed by atoms with Crippen LogP contribution in [0.5, 0.6) is 0 Å². The van der Waals surface area contributed by atoms with Crippen LogP contribution in [0, 0.1) is 5.92 Å². The smallest absolute Gasteiger partial charge is 0.354 e. The number of halogens is 7. The summed E-state index contributed by atoms with van der Waals surface area (Å²) in [5, 5.41) is 1.56. The summed E-state index contributed by atoms with van der Waals surface area (Å²) in [5.74, 6) is -6.01. The first-order chi connectivity index (χ1) is 6.60. The predicted molar refractivity (Wildman–Crippen MR) is 47.5 cm³/mol. The molecule has 2 nitrogen and oxygen atoms in total. The first-order valence-electron chi connectivity index (χ1n) is 3.57. The van der Waals surface area contributed by atoms with Gasteiger partial charge in [-0.3, -0.25) is 4.79 Å². The molecule has 0 heterocycles. The summed E-state index contributed by atoms with van der Waals surface area (Å²) in [7, 11) is 0. The summed E-state index contributed by atoms with van der Waals surface area (Å²) in [6.45, 7) is -0.234. The molecule has 1 amide bonds. The molecular weight excluding hydrogens is 343 g/mol. The molecular formula is C6H6F6INO. The summed E-state index contributed by atoms with van der Waals surface area (Å²) >= 11 is 1.71. The van der Waals surface area contributed by atoms with Crippen molar-refractivity contribution >= 4 is 28.5 Å². The fourth-order valence-corrected chi connectivity index (χ4v) is 1.03. The van der Waals surface area contributed by atoms with E-state index in [1.165, 1.54) is 0 Å². The molecule has 15 heavy (non-hydrogen) atoms. The van der Waals surface area contributed by atoms with Gasteiger partial charge in [-0.2, -0.15) is 26.3 Å². The van der Waals surface area contributed by atoms with Crippen LogP contribution in [0.1, 0.15) is 0 Å². The van der Waals surface area contributed by atoms with Crippen molar-refractivity contribution in [1.29, 1.82) is 0 Å². The molecule has 0 aromatic rings. The number of nitrogens with one attached hydrogen (secondary N) is 1. The zero-order valence-corrected chi connectivity index (χ0v) is 9.20. The number of alkyl halides is 7. The van der Waals surface area contributed by atoms with Crippen molar-refractivity contribution in [3.63, 3.8) is 0 Å². The Labute approximate surface area is 94.5 Å². The molecule has 0 unspecified atom stereocenters. The molecule has 0 spiro atoms. The van der Waals surface area contributed by atoms with E-state index in [0.717, 1.165) is 0 Å². The largest absolute Gasteiger partial charge is 0.409 e. The normalized spacial score (nSPS) is 13.1. The zero-order chi connectivity index (χ0) is 12.3. The van der Waals surface area contributed by atoms with Crippen molar-refractivity contribution in [3.8, 4) is 0 Å².